The molecular weight excluding hydrogens is 342 g/mol. The van der Waals surface area contributed by atoms with Crippen LogP contribution >= 0.6 is 0 Å². The Morgan fingerprint density at radius 2 is 1.96 bits per heavy atom. The second-order valence-corrected chi connectivity index (χ2v) is 7.26. The second kappa shape index (κ2) is 7.50. The minimum atomic E-state index is -0.204. The molecule has 7 heteroatoms. The average molecular weight is 367 g/mol. The fourth-order valence-electron chi connectivity index (χ4n) is 4.01. The number of carbonyl (C=O) groups excluding carboxylic acids is 2. The van der Waals surface area contributed by atoms with Gasteiger partial charge in [0.25, 0.3) is 0 Å². The molecule has 1 fully saturated rings. The molecule has 142 valence electrons. The van der Waals surface area contributed by atoms with Gasteiger partial charge in [0.05, 0.1) is 5.92 Å². The molecule has 4 rings (SSSR count). The maximum Gasteiger partial charge on any atom is 0.228 e. The van der Waals surface area contributed by atoms with Gasteiger partial charge < -0.3 is 14.4 Å². The molecule has 7 nitrogen and oxygen atoms in total. The van der Waals surface area contributed by atoms with Gasteiger partial charge in [0.15, 0.2) is 0 Å². The number of benzene rings is 1. The summed E-state index contributed by atoms with van der Waals surface area (Å²) in [5.74, 6) is 1.87. The maximum absolute atomic E-state index is 12.9. The van der Waals surface area contributed by atoms with Gasteiger partial charge in [-0.15, -0.1) is 10.2 Å². The number of likely N-dealkylation sites (tertiary alicyclic amines) is 1. The zero-order valence-electron chi connectivity index (χ0n) is 15.7. The van der Waals surface area contributed by atoms with E-state index in [9.17, 15) is 9.59 Å². The summed E-state index contributed by atoms with van der Waals surface area (Å²) in [6.45, 7) is 5.16. The Kier molecular flexibility index (Phi) is 4.92. The summed E-state index contributed by atoms with van der Waals surface area (Å²) >= 11 is 0. The molecule has 0 radical (unpaired) electrons. The molecule has 0 aliphatic carbocycles. The summed E-state index contributed by atoms with van der Waals surface area (Å²) in [5.41, 5.74) is 1.20. The molecule has 1 aromatic carbocycles. The van der Waals surface area contributed by atoms with Crippen molar-refractivity contribution in [2.45, 2.75) is 32.7 Å². The summed E-state index contributed by atoms with van der Waals surface area (Å²) in [6, 6.07) is 10.2. The molecule has 2 aromatic rings. The van der Waals surface area contributed by atoms with Crippen LogP contribution in [0.25, 0.3) is 0 Å². The smallest absolute Gasteiger partial charge is 0.228 e. The topological polar surface area (TPSA) is 71.3 Å². The molecule has 1 aromatic heterocycles. The van der Waals surface area contributed by atoms with Crippen LogP contribution in [0.3, 0.4) is 0 Å². The fraction of sp³-hybridized carbons (Fsp3) is 0.500. The average Bonchev–Trinajstić information content (AvgIpc) is 3.18. The molecule has 1 atom stereocenters. The zero-order valence-corrected chi connectivity index (χ0v) is 15.7. The van der Waals surface area contributed by atoms with Crippen LogP contribution in [0.2, 0.25) is 0 Å². The van der Waals surface area contributed by atoms with E-state index in [0.29, 0.717) is 45.6 Å². The van der Waals surface area contributed by atoms with Gasteiger partial charge in [-0.3, -0.25) is 9.59 Å². The van der Waals surface area contributed by atoms with Gasteiger partial charge in [0.2, 0.25) is 11.8 Å². The van der Waals surface area contributed by atoms with Crippen molar-refractivity contribution in [3.8, 4) is 0 Å². The van der Waals surface area contributed by atoms with Crippen molar-refractivity contribution in [3.63, 3.8) is 0 Å². The lowest BCUT2D eigenvalue weighted by molar-refractivity contribution is -0.135. The number of fused-ring (bicyclic) bond motifs is 1. The van der Waals surface area contributed by atoms with E-state index in [0.717, 1.165) is 18.1 Å². The lowest BCUT2D eigenvalue weighted by atomic mass is 10.1. The SMILES string of the molecule is CCN1C[C@@H](C(=O)N2CCc3nnc(Cc4ccccc4)n3CC2)CC1=O. The van der Waals surface area contributed by atoms with Crippen molar-refractivity contribution in [1.82, 2.24) is 24.6 Å². The molecule has 0 saturated carbocycles. The predicted molar refractivity (Wildman–Crippen MR) is 99.9 cm³/mol. The quantitative estimate of drug-likeness (QED) is 0.812. The van der Waals surface area contributed by atoms with Crippen LogP contribution in [0.1, 0.15) is 30.6 Å². The van der Waals surface area contributed by atoms with E-state index in [4.69, 9.17) is 0 Å². The normalized spacial score (nSPS) is 19.9. The Labute approximate surface area is 159 Å². The van der Waals surface area contributed by atoms with E-state index in [1.165, 1.54) is 5.56 Å². The third-order valence-corrected chi connectivity index (χ3v) is 5.57. The highest BCUT2D eigenvalue weighted by atomic mass is 16.2. The molecular formula is C20H25N5O2. The summed E-state index contributed by atoms with van der Waals surface area (Å²) in [5, 5.41) is 8.73. The Hall–Kier alpha value is -2.70. The van der Waals surface area contributed by atoms with Gasteiger partial charge >= 0.3 is 0 Å². The van der Waals surface area contributed by atoms with Crippen LogP contribution in [0.4, 0.5) is 0 Å². The van der Waals surface area contributed by atoms with Crippen molar-refractivity contribution in [2.24, 2.45) is 5.92 Å². The highest BCUT2D eigenvalue weighted by Crippen LogP contribution is 2.21. The first-order valence-corrected chi connectivity index (χ1v) is 9.67. The molecule has 3 heterocycles. The number of amides is 2. The first-order chi connectivity index (χ1) is 13.2. The van der Waals surface area contributed by atoms with Crippen LogP contribution in [0.5, 0.6) is 0 Å². The Bertz CT molecular complexity index is 832. The molecule has 0 spiro atoms. The molecule has 0 N–H and O–H groups in total. The van der Waals surface area contributed by atoms with Crippen molar-refractivity contribution >= 4 is 11.8 Å². The lowest BCUT2D eigenvalue weighted by Crippen LogP contribution is -2.39. The van der Waals surface area contributed by atoms with Gasteiger partial charge in [0, 0.05) is 52.0 Å². The Morgan fingerprint density at radius 3 is 2.70 bits per heavy atom. The van der Waals surface area contributed by atoms with Gasteiger partial charge in [-0.25, -0.2) is 0 Å². The van der Waals surface area contributed by atoms with E-state index in [1.807, 2.05) is 30.0 Å². The molecule has 0 bridgehead atoms. The van der Waals surface area contributed by atoms with Gasteiger partial charge in [-0.05, 0) is 12.5 Å². The first-order valence-electron chi connectivity index (χ1n) is 9.67. The Balaban J connectivity index is 1.43. The van der Waals surface area contributed by atoms with Crippen LogP contribution in [-0.4, -0.2) is 62.6 Å². The van der Waals surface area contributed by atoms with E-state index in [2.05, 4.69) is 26.9 Å². The van der Waals surface area contributed by atoms with Crippen LogP contribution in [-0.2, 0) is 29.0 Å². The van der Waals surface area contributed by atoms with E-state index >= 15 is 0 Å². The summed E-state index contributed by atoms with van der Waals surface area (Å²) in [7, 11) is 0. The molecule has 2 aliphatic rings. The van der Waals surface area contributed by atoms with E-state index in [-0.39, 0.29) is 17.7 Å². The first kappa shape index (κ1) is 17.7. The summed E-state index contributed by atoms with van der Waals surface area (Å²) < 4.78 is 2.15. The van der Waals surface area contributed by atoms with Gasteiger partial charge in [-0.1, -0.05) is 30.3 Å². The number of nitrogens with zero attached hydrogens (tertiary/aromatic N) is 5. The third-order valence-electron chi connectivity index (χ3n) is 5.57. The van der Waals surface area contributed by atoms with Crippen molar-refractivity contribution in [3.05, 3.63) is 47.5 Å². The Morgan fingerprint density at radius 1 is 1.15 bits per heavy atom. The minimum Gasteiger partial charge on any atom is -0.342 e. The molecule has 2 amide bonds. The number of aromatic nitrogens is 3. The van der Waals surface area contributed by atoms with Gasteiger partial charge in [-0.2, -0.15) is 0 Å². The van der Waals surface area contributed by atoms with Crippen molar-refractivity contribution in [1.29, 1.82) is 0 Å². The second-order valence-electron chi connectivity index (χ2n) is 7.26. The lowest BCUT2D eigenvalue weighted by Gasteiger charge is -2.23. The standard InChI is InChI=1S/C20H25N5O2/c1-2-23-14-16(13-19(23)26)20(27)24-9-8-17-21-22-18(25(17)11-10-24)12-15-6-4-3-5-7-15/h3-7,16H,2,8-14H2,1H3/t16-/m0/s1. The maximum atomic E-state index is 12.9. The minimum absolute atomic E-state index is 0.0907. The van der Waals surface area contributed by atoms with Crippen LogP contribution in [0.15, 0.2) is 30.3 Å². The van der Waals surface area contributed by atoms with Crippen molar-refractivity contribution < 1.29 is 9.59 Å². The molecule has 27 heavy (non-hydrogen) atoms. The van der Waals surface area contributed by atoms with Crippen molar-refractivity contribution in [2.75, 3.05) is 26.2 Å². The van der Waals surface area contributed by atoms with Gasteiger partial charge in [0.1, 0.15) is 11.6 Å². The fourth-order valence-corrected chi connectivity index (χ4v) is 4.01. The zero-order chi connectivity index (χ0) is 18.8. The van der Waals surface area contributed by atoms with E-state index in [1.54, 1.807) is 4.90 Å². The monoisotopic (exact) mass is 367 g/mol. The summed E-state index contributed by atoms with van der Waals surface area (Å²) in [4.78, 5) is 28.5. The largest absolute Gasteiger partial charge is 0.342 e. The number of carbonyl (C=O) groups is 2. The molecule has 2 aliphatic heterocycles. The predicted octanol–water partition coefficient (Wildman–Crippen LogP) is 1.12. The summed E-state index contributed by atoms with van der Waals surface area (Å²) in [6.07, 6.45) is 1.78. The molecule has 0 unspecified atom stereocenters. The highest BCUT2D eigenvalue weighted by Gasteiger charge is 2.36. The van der Waals surface area contributed by atoms with Crippen LogP contribution in [0, 0.1) is 5.92 Å². The highest BCUT2D eigenvalue weighted by molar-refractivity contribution is 5.89. The number of rotatable bonds is 4. The van der Waals surface area contributed by atoms with Crippen LogP contribution < -0.4 is 0 Å². The number of hydrogen-bond acceptors (Lipinski definition) is 4. The molecule has 1 saturated heterocycles. The third kappa shape index (κ3) is 3.59. The van der Waals surface area contributed by atoms with E-state index < -0.39 is 0 Å². The number of hydrogen-bond donors (Lipinski definition) is 0.